The van der Waals surface area contributed by atoms with Crippen molar-refractivity contribution < 1.29 is 20.1 Å². The van der Waals surface area contributed by atoms with Crippen molar-refractivity contribution in [3.63, 3.8) is 0 Å². The lowest BCUT2D eigenvalue weighted by molar-refractivity contribution is -0.124. The normalized spacial score (nSPS) is 13.8. The highest BCUT2D eigenvalue weighted by Crippen LogP contribution is 2.08. The molecule has 0 fully saturated rings. The Morgan fingerprint density at radius 2 is 1.79 bits per heavy atom. The molecular weight excluding hydrogens is 254 g/mol. The van der Waals surface area contributed by atoms with Crippen LogP contribution in [-0.2, 0) is 4.79 Å². The Morgan fingerprint density at radius 1 is 1.36 bits per heavy atom. The molecule has 1 unspecified atom stereocenters. The van der Waals surface area contributed by atoms with Crippen LogP contribution in [0.25, 0.3) is 0 Å². The number of amides is 1. The van der Waals surface area contributed by atoms with E-state index < -0.39 is 25.4 Å². The van der Waals surface area contributed by atoms with Crippen LogP contribution in [0.4, 0.5) is 0 Å². The maximum Gasteiger partial charge on any atom is 0.234 e. The molecule has 1 amide bonds. The summed E-state index contributed by atoms with van der Waals surface area (Å²) in [6.07, 6.45) is 0.587. The number of nitrogens with one attached hydrogen (secondary N) is 1. The van der Waals surface area contributed by atoms with E-state index in [-0.39, 0.29) is 10.7 Å². The number of aliphatic hydroxyl groups is 3. The Bertz CT molecular complexity index is 176. The Hall–Kier alpha value is -0.170. The van der Waals surface area contributed by atoms with E-state index >= 15 is 0 Å². The van der Waals surface area contributed by atoms with E-state index in [4.69, 9.17) is 15.3 Å². The van der Waals surface area contributed by atoms with Crippen LogP contribution in [0.15, 0.2) is 0 Å². The zero-order valence-electron chi connectivity index (χ0n) is 8.03. The maximum absolute atomic E-state index is 11.4. The molecule has 0 aromatic carbocycles. The fourth-order valence-corrected chi connectivity index (χ4v) is 0.908. The number of aliphatic hydroxyl groups excluding tert-OH is 3. The molecule has 0 aliphatic carbocycles. The van der Waals surface area contributed by atoms with Crippen molar-refractivity contribution >= 4 is 21.8 Å². The summed E-state index contributed by atoms with van der Waals surface area (Å²) in [5, 5.41) is 29.2. The fourth-order valence-electron chi connectivity index (χ4n) is 0.794. The van der Waals surface area contributed by atoms with Gasteiger partial charge in [-0.1, -0.05) is 22.9 Å². The molecule has 0 aliphatic heterocycles. The second kappa shape index (κ2) is 6.34. The number of carbonyl (C=O) groups is 1. The Balaban J connectivity index is 4.37. The molecule has 0 heterocycles. The van der Waals surface area contributed by atoms with Crippen LogP contribution in [0.1, 0.15) is 13.3 Å². The molecule has 0 aliphatic rings. The molecule has 6 heteroatoms. The Labute approximate surface area is 91.3 Å². The second-order valence-electron chi connectivity index (χ2n) is 3.12. The number of alkyl halides is 1. The van der Waals surface area contributed by atoms with Gasteiger partial charge in [0.2, 0.25) is 5.91 Å². The molecule has 1 atom stereocenters. The van der Waals surface area contributed by atoms with E-state index in [1.807, 2.05) is 6.92 Å². The number of hydrogen-bond acceptors (Lipinski definition) is 4. The number of rotatable bonds is 6. The van der Waals surface area contributed by atoms with Gasteiger partial charge in [0, 0.05) is 0 Å². The van der Waals surface area contributed by atoms with Crippen molar-refractivity contribution in [2.24, 2.45) is 0 Å². The van der Waals surface area contributed by atoms with Crippen LogP contribution < -0.4 is 5.32 Å². The van der Waals surface area contributed by atoms with Gasteiger partial charge in [-0.2, -0.15) is 0 Å². The third kappa shape index (κ3) is 3.53. The first kappa shape index (κ1) is 13.8. The number of carbonyl (C=O) groups excluding carboxylic acids is 1. The average molecular weight is 270 g/mol. The molecule has 0 saturated carbocycles. The van der Waals surface area contributed by atoms with Crippen molar-refractivity contribution in [2.75, 3.05) is 19.8 Å². The smallest absolute Gasteiger partial charge is 0.234 e. The van der Waals surface area contributed by atoms with E-state index in [9.17, 15) is 4.79 Å². The molecule has 14 heavy (non-hydrogen) atoms. The van der Waals surface area contributed by atoms with Gasteiger partial charge in [-0.25, -0.2) is 0 Å². The highest BCUT2D eigenvalue weighted by molar-refractivity contribution is 9.10. The van der Waals surface area contributed by atoms with Crippen LogP contribution in [0.2, 0.25) is 0 Å². The minimum Gasteiger partial charge on any atom is -0.394 e. The van der Waals surface area contributed by atoms with Crippen molar-refractivity contribution in [1.82, 2.24) is 5.32 Å². The van der Waals surface area contributed by atoms with E-state index in [2.05, 4.69) is 21.2 Å². The first-order valence-electron chi connectivity index (χ1n) is 4.34. The van der Waals surface area contributed by atoms with Gasteiger partial charge in [-0.05, 0) is 6.42 Å². The molecule has 5 nitrogen and oxygen atoms in total. The lowest BCUT2D eigenvalue weighted by Crippen LogP contribution is -2.58. The summed E-state index contributed by atoms with van der Waals surface area (Å²) in [7, 11) is 0. The van der Waals surface area contributed by atoms with Gasteiger partial charge < -0.3 is 20.6 Å². The van der Waals surface area contributed by atoms with E-state index in [0.29, 0.717) is 6.42 Å². The molecular formula is C8H16BrNO4. The van der Waals surface area contributed by atoms with E-state index in [1.54, 1.807) is 0 Å². The minimum absolute atomic E-state index is 0.357. The largest absolute Gasteiger partial charge is 0.394 e. The van der Waals surface area contributed by atoms with Crippen LogP contribution in [0.3, 0.4) is 0 Å². The zero-order valence-corrected chi connectivity index (χ0v) is 9.62. The lowest BCUT2D eigenvalue weighted by atomic mass is 10.0. The first-order chi connectivity index (χ1) is 6.55. The fraction of sp³-hybridized carbons (Fsp3) is 0.875. The number of hydrogen-bond donors (Lipinski definition) is 4. The van der Waals surface area contributed by atoms with Crippen LogP contribution in [0, 0.1) is 0 Å². The summed E-state index contributed by atoms with van der Waals surface area (Å²) >= 11 is 3.13. The predicted octanol–water partition coefficient (Wildman–Crippen LogP) is -1.01. The third-order valence-electron chi connectivity index (χ3n) is 1.94. The van der Waals surface area contributed by atoms with Gasteiger partial charge in [0.05, 0.1) is 24.6 Å². The van der Waals surface area contributed by atoms with Gasteiger partial charge >= 0.3 is 0 Å². The molecule has 4 N–H and O–H groups in total. The monoisotopic (exact) mass is 269 g/mol. The summed E-state index contributed by atoms with van der Waals surface area (Å²) in [5.41, 5.74) is -1.34. The third-order valence-corrected chi connectivity index (χ3v) is 3.00. The molecule has 0 spiro atoms. The quantitative estimate of drug-likeness (QED) is 0.466. The van der Waals surface area contributed by atoms with Crippen molar-refractivity contribution in [1.29, 1.82) is 0 Å². The van der Waals surface area contributed by atoms with Crippen molar-refractivity contribution in [2.45, 2.75) is 23.7 Å². The Kier molecular flexibility index (Phi) is 6.26. The zero-order chi connectivity index (χ0) is 11.2. The molecule has 0 radical (unpaired) electrons. The predicted molar refractivity (Wildman–Crippen MR) is 55.1 cm³/mol. The first-order valence-corrected chi connectivity index (χ1v) is 5.25. The standard InChI is InChI=1S/C8H16BrNO4/c1-2-6(9)7(14)10-8(3-11,4-12)5-13/h6,11-13H,2-5H2,1H3,(H,10,14). The maximum atomic E-state index is 11.4. The summed E-state index contributed by atoms with van der Waals surface area (Å²) in [6, 6.07) is 0. The van der Waals surface area contributed by atoms with Gasteiger partial charge in [0.15, 0.2) is 0 Å². The van der Waals surface area contributed by atoms with E-state index in [1.165, 1.54) is 0 Å². The summed E-state index contributed by atoms with van der Waals surface area (Å²) in [4.78, 5) is 11.0. The highest BCUT2D eigenvalue weighted by atomic mass is 79.9. The molecule has 0 bridgehead atoms. The molecule has 0 aromatic rings. The molecule has 0 aromatic heterocycles. The summed E-state index contributed by atoms with van der Waals surface area (Å²) < 4.78 is 0. The molecule has 0 saturated heterocycles. The number of halogens is 1. The van der Waals surface area contributed by atoms with Crippen molar-refractivity contribution in [3.05, 3.63) is 0 Å². The Morgan fingerprint density at radius 3 is 2.07 bits per heavy atom. The molecule has 84 valence electrons. The average Bonchev–Trinajstić information content (AvgIpc) is 2.24. The highest BCUT2D eigenvalue weighted by Gasteiger charge is 2.31. The van der Waals surface area contributed by atoms with E-state index in [0.717, 1.165) is 0 Å². The van der Waals surface area contributed by atoms with Gasteiger partial charge in [-0.15, -0.1) is 0 Å². The van der Waals surface area contributed by atoms with Crippen molar-refractivity contribution in [3.8, 4) is 0 Å². The summed E-state index contributed by atoms with van der Waals surface area (Å²) in [6.45, 7) is 0.303. The van der Waals surface area contributed by atoms with Crippen LogP contribution >= 0.6 is 15.9 Å². The van der Waals surface area contributed by atoms with Gasteiger partial charge in [0.25, 0.3) is 0 Å². The SMILES string of the molecule is CCC(Br)C(=O)NC(CO)(CO)CO. The summed E-state index contributed by atoms with van der Waals surface area (Å²) in [5.74, 6) is -0.357. The lowest BCUT2D eigenvalue weighted by Gasteiger charge is -2.29. The minimum atomic E-state index is -1.34. The van der Waals surface area contributed by atoms with Gasteiger partial charge in [0.1, 0.15) is 5.54 Å². The topological polar surface area (TPSA) is 89.8 Å². The second-order valence-corrected chi connectivity index (χ2v) is 4.23. The van der Waals surface area contributed by atoms with Gasteiger partial charge in [-0.3, -0.25) is 4.79 Å². The molecule has 0 rings (SSSR count). The van der Waals surface area contributed by atoms with Crippen LogP contribution in [0.5, 0.6) is 0 Å². The van der Waals surface area contributed by atoms with Crippen LogP contribution in [-0.4, -0.2) is 51.4 Å².